The number of methoxy groups -OCH3 is 2. The minimum absolute atomic E-state index is 0.0258. The molecule has 3 aromatic rings. The van der Waals surface area contributed by atoms with Gasteiger partial charge in [-0.15, -0.1) is 0 Å². The summed E-state index contributed by atoms with van der Waals surface area (Å²) in [5.74, 6) is 1.77. The zero-order valence-electron chi connectivity index (χ0n) is 21.0. The number of rotatable bonds is 9. The summed E-state index contributed by atoms with van der Waals surface area (Å²) in [5, 5.41) is 0. The molecule has 0 radical (unpaired) electrons. The van der Waals surface area contributed by atoms with Crippen LogP contribution in [0.2, 0.25) is 0 Å². The van der Waals surface area contributed by atoms with Crippen LogP contribution in [0, 0.1) is 0 Å². The Balaban J connectivity index is 1.48. The van der Waals surface area contributed by atoms with Crippen LogP contribution in [0.15, 0.2) is 59.2 Å². The second-order valence-electron chi connectivity index (χ2n) is 8.73. The summed E-state index contributed by atoms with van der Waals surface area (Å²) >= 11 is 0. The molecule has 0 unspecified atom stereocenters. The normalized spacial score (nSPS) is 13.7. The summed E-state index contributed by atoms with van der Waals surface area (Å²) < 4.78 is 16.6. The molecule has 9 nitrogen and oxygen atoms in total. The smallest absolute Gasteiger partial charge is 0.275 e. The third-order valence-corrected chi connectivity index (χ3v) is 6.28. The second kappa shape index (κ2) is 11.7. The number of hydrogen-bond donors (Lipinski definition) is 0. The largest absolute Gasteiger partial charge is 0.497 e. The third-order valence-electron chi connectivity index (χ3n) is 6.28. The second-order valence-corrected chi connectivity index (χ2v) is 8.73. The predicted octanol–water partition coefficient (Wildman–Crippen LogP) is 3.20. The van der Waals surface area contributed by atoms with E-state index < -0.39 is 0 Å². The summed E-state index contributed by atoms with van der Waals surface area (Å²) in [4.78, 5) is 34.7. The molecule has 2 heterocycles. The molecule has 2 amide bonds. The van der Waals surface area contributed by atoms with E-state index in [0.29, 0.717) is 51.7 Å². The zero-order chi connectivity index (χ0) is 25.5. The van der Waals surface area contributed by atoms with Gasteiger partial charge >= 0.3 is 0 Å². The Bertz CT molecular complexity index is 1170. The Morgan fingerprint density at radius 1 is 0.944 bits per heavy atom. The topological polar surface area (TPSA) is 88.4 Å². The zero-order valence-corrected chi connectivity index (χ0v) is 21.0. The predicted molar refractivity (Wildman–Crippen MR) is 134 cm³/mol. The van der Waals surface area contributed by atoms with Crippen molar-refractivity contribution < 1.29 is 23.5 Å². The van der Waals surface area contributed by atoms with Gasteiger partial charge in [0.25, 0.3) is 5.91 Å². The average Bonchev–Trinajstić information content (AvgIpc) is 3.37. The number of oxazole rings is 1. The molecule has 190 valence electrons. The van der Waals surface area contributed by atoms with E-state index in [0.717, 1.165) is 22.6 Å². The highest BCUT2D eigenvalue weighted by molar-refractivity contribution is 5.92. The molecule has 0 atom stereocenters. The average molecular weight is 493 g/mol. The molecule has 0 N–H and O–H groups in total. The number of carbonyl (C=O) groups excluding carboxylic acids is 2. The van der Waals surface area contributed by atoms with Crippen molar-refractivity contribution in [1.82, 2.24) is 19.7 Å². The summed E-state index contributed by atoms with van der Waals surface area (Å²) in [6, 6.07) is 15.9. The summed E-state index contributed by atoms with van der Waals surface area (Å²) in [6.07, 6.45) is 1.42. The van der Waals surface area contributed by atoms with Gasteiger partial charge in [0.05, 0.1) is 20.8 Å². The van der Waals surface area contributed by atoms with Crippen LogP contribution < -0.4 is 9.47 Å². The van der Waals surface area contributed by atoms with Gasteiger partial charge in [-0.2, -0.15) is 0 Å². The molecule has 0 aliphatic carbocycles. The first-order valence-corrected chi connectivity index (χ1v) is 11.9. The molecule has 1 aromatic heterocycles. The quantitative estimate of drug-likeness (QED) is 0.453. The highest BCUT2D eigenvalue weighted by Gasteiger charge is 2.26. The van der Waals surface area contributed by atoms with Gasteiger partial charge in [0, 0.05) is 57.8 Å². The Kier molecular flexibility index (Phi) is 8.22. The molecule has 1 fully saturated rings. The fourth-order valence-electron chi connectivity index (χ4n) is 4.29. The minimum atomic E-state index is -0.181. The maximum Gasteiger partial charge on any atom is 0.275 e. The standard InChI is InChI=1S/C27H32N4O5/c1-20(32)30-11-13-31(14-12-30)27(33)24-19-36-26(28-24)18-29(16-21-7-5-4-6-8-21)17-22-9-10-23(34-2)15-25(22)35-3/h4-10,15,19H,11-14,16-18H2,1-3H3. The number of amides is 2. The molecule has 9 heteroatoms. The molecular formula is C27H32N4O5. The number of aromatic nitrogens is 1. The van der Waals surface area contributed by atoms with E-state index in [-0.39, 0.29) is 17.5 Å². The summed E-state index contributed by atoms with van der Waals surface area (Å²) in [7, 11) is 3.27. The van der Waals surface area contributed by atoms with E-state index in [1.54, 1.807) is 30.9 Å². The van der Waals surface area contributed by atoms with Gasteiger partial charge < -0.3 is 23.7 Å². The fourth-order valence-corrected chi connectivity index (χ4v) is 4.29. The molecule has 36 heavy (non-hydrogen) atoms. The first-order chi connectivity index (χ1) is 17.5. The number of nitrogens with zero attached hydrogens (tertiary/aromatic N) is 4. The summed E-state index contributed by atoms with van der Waals surface area (Å²) in [5.41, 5.74) is 2.43. The maximum absolute atomic E-state index is 13.0. The van der Waals surface area contributed by atoms with Crippen molar-refractivity contribution in [2.45, 2.75) is 26.6 Å². The lowest BCUT2D eigenvalue weighted by Crippen LogP contribution is -2.50. The van der Waals surface area contributed by atoms with Crippen LogP contribution in [0.3, 0.4) is 0 Å². The lowest BCUT2D eigenvalue weighted by molar-refractivity contribution is -0.130. The lowest BCUT2D eigenvalue weighted by Gasteiger charge is -2.33. The van der Waals surface area contributed by atoms with Crippen molar-refractivity contribution in [1.29, 1.82) is 0 Å². The number of piperazine rings is 1. The fraction of sp³-hybridized carbons (Fsp3) is 0.370. The first kappa shape index (κ1) is 25.2. The monoisotopic (exact) mass is 492 g/mol. The van der Waals surface area contributed by atoms with E-state index in [1.165, 1.54) is 6.26 Å². The molecule has 1 aliphatic heterocycles. The first-order valence-electron chi connectivity index (χ1n) is 11.9. The Labute approximate surface area is 211 Å². The molecule has 1 saturated heterocycles. The van der Waals surface area contributed by atoms with Crippen molar-refractivity contribution in [3.63, 3.8) is 0 Å². The van der Waals surface area contributed by atoms with Crippen molar-refractivity contribution in [2.24, 2.45) is 0 Å². The molecule has 0 spiro atoms. The van der Waals surface area contributed by atoms with Gasteiger partial charge in [0.15, 0.2) is 5.69 Å². The van der Waals surface area contributed by atoms with Crippen LogP contribution in [0.25, 0.3) is 0 Å². The van der Waals surface area contributed by atoms with E-state index >= 15 is 0 Å². The van der Waals surface area contributed by atoms with E-state index in [4.69, 9.17) is 13.9 Å². The Morgan fingerprint density at radius 3 is 2.33 bits per heavy atom. The highest BCUT2D eigenvalue weighted by atomic mass is 16.5. The Morgan fingerprint density at radius 2 is 1.67 bits per heavy atom. The minimum Gasteiger partial charge on any atom is -0.497 e. The number of carbonyl (C=O) groups is 2. The van der Waals surface area contributed by atoms with Crippen molar-refractivity contribution in [2.75, 3.05) is 40.4 Å². The van der Waals surface area contributed by atoms with Crippen LogP contribution in [-0.2, 0) is 24.4 Å². The maximum atomic E-state index is 13.0. The molecule has 1 aliphatic rings. The van der Waals surface area contributed by atoms with Gasteiger partial charge in [-0.1, -0.05) is 36.4 Å². The Hall–Kier alpha value is -3.85. The number of benzene rings is 2. The van der Waals surface area contributed by atoms with E-state index in [2.05, 4.69) is 22.0 Å². The number of ether oxygens (including phenoxy) is 2. The molecule has 4 rings (SSSR count). The van der Waals surface area contributed by atoms with Crippen LogP contribution in [0.1, 0.15) is 34.4 Å². The molecule has 0 saturated carbocycles. The van der Waals surface area contributed by atoms with Gasteiger partial charge in [0.1, 0.15) is 17.8 Å². The van der Waals surface area contributed by atoms with Gasteiger partial charge in [0.2, 0.25) is 11.8 Å². The molecule has 0 bridgehead atoms. The molecular weight excluding hydrogens is 460 g/mol. The van der Waals surface area contributed by atoms with Crippen LogP contribution in [0.4, 0.5) is 0 Å². The summed E-state index contributed by atoms with van der Waals surface area (Å²) in [6.45, 7) is 5.23. The van der Waals surface area contributed by atoms with Gasteiger partial charge in [-0.3, -0.25) is 14.5 Å². The lowest BCUT2D eigenvalue weighted by atomic mass is 10.1. The highest BCUT2D eigenvalue weighted by Crippen LogP contribution is 2.27. The van der Waals surface area contributed by atoms with E-state index in [9.17, 15) is 9.59 Å². The van der Waals surface area contributed by atoms with Gasteiger partial charge in [-0.05, 0) is 11.6 Å². The van der Waals surface area contributed by atoms with Crippen molar-refractivity contribution >= 4 is 11.8 Å². The van der Waals surface area contributed by atoms with E-state index in [1.807, 2.05) is 36.4 Å². The van der Waals surface area contributed by atoms with Crippen molar-refractivity contribution in [3.8, 4) is 11.5 Å². The van der Waals surface area contributed by atoms with Gasteiger partial charge in [-0.25, -0.2) is 4.98 Å². The number of hydrogen-bond acceptors (Lipinski definition) is 7. The third kappa shape index (κ3) is 6.23. The van der Waals surface area contributed by atoms with Crippen LogP contribution in [-0.4, -0.2) is 71.9 Å². The van der Waals surface area contributed by atoms with Crippen LogP contribution >= 0.6 is 0 Å². The van der Waals surface area contributed by atoms with Crippen LogP contribution in [0.5, 0.6) is 11.5 Å². The molecule has 2 aromatic carbocycles. The van der Waals surface area contributed by atoms with Crippen molar-refractivity contribution in [3.05, 3.63) is 77.5 Å². The SMILES string of the molecule is COc1ccc(CN(Cc2ccccc2)Cc2nc(C(=O)N3CCN(C(C)=O)CC3)co2)c(OC)c1.